The van der Waals surface area contributed by atoms with E-state index >= 15 is 0 Å². The molecule has 0 aliphatic carbocycles. The second-order valence-corrected chi connectivity index (χ2v) is 7.44. The van der Waals surface area contributed by atoms with Gasteiger partial charge in [0.1, 0.15) is 0 Å². The first-order valence-electron chi connectivity index (χ1n) is 8.79. The standard InChI is InChI=1S/C21H19ClN4S/c22-18-9-7-17(8-10-18)20-15-27-21(24-19-5-2-1-3-6-19)26(20)13-4-12-25-14-11-23-16-25/h1-3,5-11,14-16H,4,12-13H2. The number of rotatable bonds is 6. The van der Waals surface area contributed by atoms with Crippen LogP contribution in [-0.4, -0.2) is 14.1 Å². The molecule has 0 saturated heterocycles. The number of aryl methyl sites for hydroxylation is 1. The number of thiazole rings is 1. The highest BCUT2D eigenvalue weighted by Crippen LogP contribution is 2.23. The fourth-order valence-electron chi connectivity index (χ4n) is 2.93. The average Bonchev–Trinajstić information content (AvgIpc) is 3.34. The monoisotopic (exact) mass is 394 g/mol. The van der Waals surface area contributed by atoms with Gasteiger partial charge in [0.25, 0.3) is 0 Å². The van der Waals surface area contributed by atoms with Crippen LogP contribution in [0.3, 0.4) is 0 Å². The Bertz CT molecular complexity index is 1050. The van der Waals surface area contributed by atoms with Crippen LogP contribution >= 0.6 is 22.9 Å². The zero-order valence-electron chi connectivity index (χ0n) is 14.7. The molecular formula is C21H19ClN4S. The number of hydrogen-bond donors (Lipinski definition) is 0. The lowest BCUT2D eigenvalue weighted by molar-refractivity contribution is 0.559. The predicted octanol–water partition coefficient (Wildman–Crippen LogP) is 5.39. The molecule has 0 spiro atoms. The molecule has 0 N–H and O–H groups in total. The van der Waals surface area contributed by atoms with Crippen LogP contribution in [0.1, 0.15) is 6.42 Å². The summed E-state index contributed by atoms with van der Waals surface area (Å²) < 4.78 is 4.39. The molecule has 2 aromatic heterocycles. The number of nitrogens with zero attached hydrogens (tertiary/aromatic N) is 4. The molecule has 0 bridgehead atoms. The SMILES string of the molecule is Clc1ccc(-c2csc(=Nc3ccccc3)n2CCCn2ccnc2)cc1. The van der Waals surface area contributed by atoms with E-state index in [0.29, 0.717) is 0 Å². The Balaban J connectivity index is 1.68. The summed E-state index contributed by atoms with van der Waals surface area (Å²) in [5.74, 6) is 0. The van der Waals surface area contributed by atoms with E-state index < -0.39 is 0 Å². The summed E-state index contributed by atoms with van der Waals surface area (Å²) >= 11 is 7.72. The van der Waals surface area contributed by atoms with E-state index in [1.165, 1.54) is 0 Å². The maximum Gasteiger partial charge on any atom is 0.190 e. The fraction of sp³-hybridized carbons (Fsp3) is 0.143. The molecule has 0 atom stereocenters. The third kappa shape index (κ3) is 4.38. The first-order chi connectivity index (χ1) is 13.3. The molecule has 6 heteroatoms. The summed E-state index contributed by atoms with van der Waals surface area (Å²) in [6.07, 6.45) is 6.66. The fourth-order valence-corrected chi connectivity index (χ4v) is 4.01. The van der Waals surface area contributed by atoms with E-state index in [1.807, 2.05) is 61.2 Å². The van der Waals surface area contributed by atoms with E-state index in [4.69, 9.17) is 16.6 Å². The summed E-state index contributed by atoms with van der Waals surface area (Å²) in [6.45, 7) is 1.80. The summed E-state index contributed by atoms with van der Waals surface area (Å²) in [4.78, 5) is 9.97. The highest BCUT2D eigenvalue weighted by atomic mass is 35.5. The topological polar surface area (TPSA) is 35.1 Å². The minimum atomic E-state index is 0.745. The molecule has 136 valence electrons. The predicted molar refractivity (Wildman–Crippen MR) is 111 cm³/mol. The smallest absolute Gasteiger partial charge is 0.190 e. The molecule has 2 heterocycles. The Morgan fingerprint density at radius 3 is 2.56 bits per heavy atom. The normalized spacial score (nSPS) is 11.8. The van der Waals surface area contributed by atoms with Crippen LogP contribution in [0.25, 0.3) is 11.3 Å². The van der Waals surface area contributed by atoms with E-state index in [0.717, 1.165) is 46.3 Å². The van der Waals surface area contributed by atoms with Gasteiger partial charge in [-0.1, -0.05) is 41.9 Å². The molecule has 0 radical (unpaired) electrons. The second-order valence-electron chi connectivity index (χ2n) is 6.16. The van der Waals surface area contributed by atoms with Crippen LogP contribution in [0.15, 0.2) is 83.7 Å². The third-order valence-corrected chi connectivity index (χ3v) is 5.39. The van der Waals surface area contributed by atoms with Crippen molar-refractivity contribution in [1.82, 2.24) is 14.1 Å². The van der Waals surface area contributed by atoms with Gasteiger partial charge in [0.2, 0.25) is 0 Å². The Hall–Kier alpha value is -2.63. The molecule has 2 aromatic carbocycles. The lowest BCUT2D eigenvalue weighted by Gasteiger charge is -2.10. The third-order valence-electron chi connectivity index (χ3n) is 4.28. The Morgan fingerprint density at radius 1 is 1.00 bits per heavy atom. The van der Waals surface area contributed by atoms with Gasteiger partial charge in [0.15, 0.2) is 4.80 Å². The van der Waals surface area contributed by atoms with Crippen molar-refractivity contribution in [2.24, 2.45) is 4.99 Å². The van der Waals surface area contributed by atoms with Gasteiger partial charge >= 0.3 is 0 Å². The first-order valence-corrected chi connectivity index (χ1v) is 10.1. The van der Waals surface area contributed by atoms with Crippen molar-refractivity contribution < 1.29 is 0 Å². The number of hydrogen-bond acceptors (Lipinski definition) is 3. The molecular weight excluding hydrogens is 376 g/mol. The molecule has 0 unspecified atom stereocenters. The zero-order valence-corrected chi connectivity index (χ0v) is 16.3. The Kier molecular flexibility index (Phi) is 5.51. The van der Waals surface area contributed by atoms with Crippen molar-refractivity contribution in [3.8, 4) is 11.3 Å². The largest absolute Gasteiger partial charge is 0.337 e. The highest BCUT2D eigenvalue weighted by molar-refractivity contribution is 7.07. The minimum Gasteiger partial charge on any atom is -0.337 e. The summed E-state index contributed by atoms with van der Waals surface area (Å²) in [7, 11) is 0. The van der Waals surface area contributed by atoms with Crippen LogP contribution in [0, 0.1) is 0 Å². The molecule has 4 rings (SSSR count). The maximum absolute atomic E-state index is 6.06. The van der Waals surface area contributed by atoms with Crippen molar-refractivity contribution in [2.45, 2.75) is 19.5 Å². The van der Waals surface area contributed by atoms with Gasteiger partial charge in [-0.2, -0.15) is 0 Å². The van der Waals surface area contributed by atoms with Crippen LogP contribution < -0.4 is 4.80 Å². The molecule has 0 aliphatic rings. The first kappa shape index (κ1) is 17.8. The molecule has 0 fully saturated rings. The van der Waals surface area contributed by atoms with Crippen molar-refractivity contribution in [3.63, 3.8) is 0 Å². The van der Waals surface area contributed by atoms with Crippen molar-refractivity contribution in [2.75, 3.05) is 0 Å². The average molecular weight is 395 g/mol. The van der Waals surface area contributed by atoms with Gasteiger partial charge in [-0.05, 0) is 36.2 Å². The van der Waals surface area contributed by atoms with Gasteiger partial charge in [-0.15, -0.1) is 11.3 Å². The maximum atomic E-state index is 6.06. The molecule has 0 saturated carbocycles. The Labute approximate surface area is 167 Å². The Morgan fingerprint density at radius 2 is 1.81 bits per heavy atom. The molecule has 0 aliphatic heterocycles. The molecule has 4 nitrogen and oxygen atoms in total. The van der Waals surface area contributed by atoms with E-state index in [9.17, 15) is 0 Å². The van der Waals surface area contributed by atoms with Crippen molar-refractivity contribution in [3.05, 3.63) is 88.5 Å². The lowest BCUT2D eigenvalue weighted by Crippen LogP contribution is -2.17. The lowest BCUT2D eigenvalue weighted by atomic mass is 10.2. The zero-order chi connectivity index (χ0) is 18.5. The summed E-state index contributed by atoms with van der Waals surface area (Å²) in [5.41, 5.74) is 3.27. The van der Waals surface area contributed by atoms with Gasteiger partial charge in [-0.3, -0.25) is 0 Å². The van der Waals surface area contributed by atoms with Gasteiger partial charge in [-0.25, -0.2) is 9.98 Å². The molecule has 27 heavy (non-hydrogen) atoms. The molecule has 0 amide bonds. The number of benzene rings is 2. The summed E-state index contributed by atoms with van der Waals surface area (Å²) in [5, 5.41) is 2.91. The summed E-state index contributed by atoms with van der Waals surface area (Å²) in [6, 6.07) is 18.1. The number of aromatic nitrogens is 3. The van der Waals surface area contributed by atoms with Crippen molar-refractivity contribution >= 4 is 28.6 Å². The van der Waals surface area contributed by atoms with E-state index in [-0.39, 0.29) is 0 Å². The van der Waals surface area contributed by atoms with Gasteiger partial charge in [0.05, 0.1) is 17.7 Å². The minimum absolute atomic E-state index is 0.745. The molecule has 4 aromatic rings. The van der Waals surface area contributed by atoms with Crippen LogP contribution in [0.5, 0.6) is 0 Å². The van der Waals surface area contributed by atoms with Crippen LogP contribution in [0.4, 0.5) is 5.69 Å². The van der Waals surface area contributed by atoms with Gasteiger partial charge < -0.3 is 9.13 Å². The number of imidazole rings is 1. The second kappa shape index (κ2) is 8.37. The number of para-hydroxylation sites is 1. The quantitative estimate of drug-likeness (QED) is 0.431. The van der Waals surface area contributed by atoms with Crippen LogP contribution in [0.2, 0.25) is 5.02 Å². The van der Waals surface area contributed by atoms with Gasteiger partial charge in [0, 0.05) is 35.9 Å². The van der Waals surface area contributed by atoms with Crippen LogP contribution in [-0.2, 0) is 13.1 Å². The number of halogens is 1. The highest BCUT2D eigenvalue weighted by Gasteiger charge is 2.08. The van der Waals surface area contributed by atoms with E-state index in [2.05, 4.69) is 31.6 Å². The van der Waals surface area contributed by atoms with Crippen molar-refractivity contribution in [1.29, 1.82) is 0 Å². The van der Waals surface area contributed by atoms with E-state index in [1.54, 1.807) is 11.3 Å².